The number of rotatable bonds is 3. The second kappa shape index (κ2) is 3.31. The van der Waals surface area contributed by atoms with Crippen molar-refractivity contribution in [3.05, 3.63) is 0 Å². The van der Waals surface area contributed by atoms with Crippen LogP contribution in [0.3, 0.4) is 0 Å². The van der Waals surface area contributed by atoms with Crippen molar-refractivity contribution in [3.63, 3.8) is 0 Å². The van der Waals surface area contributed by atoms with Crippen molar-refractivity contribution in [2.75, 3.05) is 6.54 Å². The molecule has 0 heterocycles. The van der Waals surface area contributed by atoms with Gasteiger partial charge in [-0.1, -0.05) is 0 Å². The molecule has 4 heteroatoms. The van der Waals surface area contributed by atoms with E-state index in [9.17, 15) is 4.79 Å². The second-order valence-electron chi connectivity index (χ2n) is 4.09. The number of hydrogen-bond donors (Lipinski definition) is 3. The molecule has 1 aliphatic rings. The first-order chi connectivity index (χ1) is 5.47. The fraction of sp³-hybridized carbons (Fsp3) is 0.875. The third-order valence-corrected chi connectivity index (χ3v) is 1.62. The molecule has 0 aromatic rings. The molecule has 0 aromatic carbocycles. The van der Waals surface area contributed by atoms with Crippen LogP contribution in [-0.2, 0) is 0 Å². The van der Waals surface area contributed by atoms with Crippen LogP contribution in [0, 0.1) is 0 Å². The van der Waals surface area contributed by atoms with Crippen molar-refractivity contribution >= 4 is 6.03 Å². The van der Waals surface area contributed by atoms with Gasteiger partial charge in [-0.15, -0.1) is 0 Å². The molecule has 0 bridgehead atoms. The molecule has 12 heavy (non-hydrogen) atoms. The molecule has 2 amide bonds. The molecule has 0 unspecified atom stereocenters. The molecule has 4 nitrogen and oxygen atoms in total. The van der Waals surface area contributed by atoms with Crippen molar-refractivity contribution in [2.24, 2.45) is 5.73 Å². The maximum Gasteiger partial charge on any atom is 0.315 e. The normalized spacial score (nSPS) is 17.2. The quantitative estimate of drug-likeness (QED) is 0.567. The lowest BCUT2D eigenvalue weighted by Gasteiger charge is -2.18. The summed E-state index contributed by atoms with van der Waals surface area (Å²) in [5, 5.41) is 5.54. The van der Waals surface area contributed by atoms with Gasteiger partial charge in [0.1, 0.15) is 0 Å². The standard InChI is InChI=1S/C8H17N3O/c1-8(2,9)5-10-7(12)11-6-3-4-6/h6H,3-5,9H2,1-2H3,(H2,10,11,12). The summed E-state index contributed by atoms with van der Waals surface area (Å²) < 4.78 is 0. The van der Waals surface area contributed by atoms with Gasteiger partial charge in [0, 0.05) is 18.1 Å². The van der Waals surface area contributed by atoms with E-state index in [1.54, 1.807) is 0 Å². The number of nitrogens with one attached hydrogen (secondary N) is 2. The first kappa shape index (κ1) is 9.32. The van der Waals surface area contributed by atoms with Gasteiger partial charge in [-0.3, -0.25) is 0 Å². The van der Waals surface area contributed by atoms with Gasteiger partial charge in [0.15, 0.2) is 0 Å². The van der Waals surface area contributed by atoms with Crippen LogP contribution in [-0.4, -0.2) is 24.2 Å². The summed E-state index contributed by atoms with van der Waals surface area (Å²) in [6.45, 7) is 4.26. The fourth-order valence-corrected chi connectivity index (χ4v) is 0.772. The molecule has 1 rings (SSSR count). The van der Waals surface area contributed by atoms with E-state index in [1.165, 1.54) is 0 Å². The number of nitrogens with two attached hydrogens (primary N) is 1. The molecule has 0 atom stereocenters. The van der Waals surface area contributed by atoms with Crippen LogP contribution >= 0.6 is 0 Å². The number of urea groups is 1. The Labute approximate surface area is 72.9 Å². The Morgan fingerprint density at radius 1 is 1.58 bits per heavy atom. The molecule has 0 aromatic heterocycles. The van der Waals surface area contributed by atoms with Gasteiger partial charge >= 0.3 is 6.03 Å². The van der Waals surface area contributed by atoms with E-state index in [0.717, 1.165) is 12.8 Å². The summed E-state index contributed by atoms with van der Waals surface area (Å²) in [4.78, 5) is 11.1. The zero-order valence-electron chi connectivity index (χ0n) is 7.68. The molecule has 0 radical (unpaired) electrons. The first-order valence-corrected chi connectivity index (χ1v) is 4.31. The Morgan fingerprint density at radius 3 is 2.58 bits per heavy atom. The minimum atomic E-state index is -0.332. The maximum absolute atomic E-state index is 11.1. The molecule has 1 fully saturated rings. The van der Waals surface area contributed by atoms with Gasteiger partial charge in [0.2, 0.25) is 0 Å². The topological polar surface area (TPSA) is 67.1 Å². The van der Waals surface area contributed by atoms with E-state index in [4.69, 9.17) is 5.73 Å². The van der Waals surface area contributed by atoms with Crippen molar-refractivity contribution in [1.29, 1.82) is 0 Å². The smallest absolute Gasteiger partial charge is 0.315 e. The molecular formula is C8H17N3O. The van der Waals surface area contributed by atoms with Crippen molar-refractivity contribution in [1.82, 2.24) is 10.6 Å². The van der Waals surface area contributed by atoms with Crippen LogP contribution in [0.25, 0.3) is 0 Å². The van der Waals surface area contributed by atoms with Gasteiger partial charge in [-0.2, -0.15) is 0 Å². The molecule has 0 spiro atoms. The van der Waals surface area contributed by atoms with E-state index in [0.29, 0.717) is 12.6 Å². The van der Waals surface area contributed by atoms with E-state index < -0.39 is 0 Å². The Balaban J connectivity index is 2.09. The average Bonchev–Trinajstić information content (AvgIpc) is 2.66. The van der Waals surface area contributed by atoms with Crippen LogP contribution in [0.5, 0.6) is 0 Å². The fourth-order valence-electron chi connectivity index (χ4n) is 0.772. The van der Waals surface area contributed by atoms with Crippen LogP contribution in [0.4, 0.5) is 4.79 Å². The summed E-state index contributed by atoms with van der Waals surface area (Å²) in [7, 11) is 0. The number of carbonyl (C=O) groups excluding carboxylic acids is 1. The summed E-state index contributed by atoms with van der Waals surface area (Å²) in [6.07, 6.45) is 2.22. The van der Waals surface area contributed by atoms with Crippen LogP contribution < -0.4 is 16.4 Å². The van der Waals surface area contributed by atoms with Crippen LogP contribution in [0.2, 0.25) is 0 Å². The van der Waals surface area contributed by atoms with E-state index in [1.807, 2.05) is 13.8 Å². The third kappa shape index (κ3) is 4.18. The van der Waals surface area contributed by atoms with E-state index in [2.05, 4.69) is 10.6 Å². The zero-order valence-corrected chi connectivity index (χ0v) is 7.68. The lowest BCUT2D eigenvalue weighted by atomic mass is 10.1. The lowest BCUT2D eigenvalue weighted by molar-refractivity contribution is 0.238. The SMILES string of the molecule is CC(C)(N)CNC(=O)NC1CC1. The molecule has 1 aliphatic carbocycles. The summed E-state index contributed by atoms with van der Waals surface area (Å²) >= 11 is 0. The summed E-state index contributed by atoms with van der Waals surface area (Å²) in [5.41, 5.74) is 5.36. The van der Waals surface area contributed by atoms with Gasteiger partial charge in [0.05, 0.1) is 0 Å². The number of amides is 2. The summed E-state index contributed by atoms with van der Waals surface area (Å²) in [6, 6.07) is 0.307. The van der Waals surface area contributed by atoms with E-state index >= 15 is 0 Å². The Kier molecular flexibility index (Phi) is 2.57. The Morgan fingerprint density at radius 2 is 2.17 bits per heavy atom. The number of hydrogen-bond acceptors (Lipinski definition) is 2. The van der Waals surface area contributed by atoms with Gasteiger partial charge in [-0.05, 0) is 26.7 Å². The highest BCUT2D eigenvalue weighted by Gasteiger charge is 2.23. The minimum Gasteiger partial charge on any atom is -0.336 e. The maximum atomic E-state index is 11.1. The monoisotopic (exact) mass is 171 g/mol. The number of carbonyl (C=O) groups is 1. The van der Waals surface area contributed by atoms with Crippen molar-refractivity contribution in [3.8, 4) is 0 Å². The van der Waals surface area contributed by atoms with Crippen LogP contribution in [0.15, 0.2) is 0 Å². The average molecular weight is 171 g/mol. The predicted molar refractivity (Wildman–Crippen MR) is 47.8 cm³/mol. The largest absolute Gasteiger partial charge is 0.336 e. The zero-order chi connectivity index (χ0) is 9.19. The van der Waals surface area contributed by atoms with Crippen molar-refractivity contribution < 1.29 is 4.79 Å². The molecule has 1 saturated carbocycles. The first-order valence-electron chi connectivity index (χ1n) is 4.31. The van der Waals surface area contributed by atoms with Crippen molar-refractivity contribution in [2.45, 2.75) is 38.3 Å². The Bertz CT molecular complexity index is 170. The molecule has 0 aliphatic heterocycles. The second-order valence-corrected chi connectivity index (χ2v) is 4.09. The lowest BCUT2D eigenvalue weighted by Crippen LogP contribution is -2.48. The van der Waals surface area contributed by atoms with Gasteiger partial charge in [-0.25, -0.2) is 4.79 Å². The molecular weight excluding hydrogens is 154 g/mol. The molecule has 0 saturated heterocycles. The van der Waals surface area contributed by atoms with Crippen LogP contribution in [0.1, 0.15) is 26.7 Å². The van der Waals surface area contributed by atoms with Gasteiger partial charge < -0.3 is 16.4 Å². The predicted octanol–water partition coefficient (Wildman–Crippen LogP) is 0.185. The van der Waals surface area contributed by atoms with E-state index in [-0.39, 0.29) is 11.6 Å². The molecule has 70 valence electrons. The third-order valence-electron chi connectivity index (χ3n) is 1.62. The van der Waals surface area contributed by atoms with Gasteiger partial charge in [0.25, 0.3) is 0 Å². The highest BCUT2D eigenvalue weighted by molar-refractivity contribution is 5.74. The Hall–Kier alpha value is -0.770. The summed E-state index contributed by atoms with van der Waals surface area (Å²) in [5.74, 6) is 0. The molecule has 4 N–H and O–H groups in total. The highest BCUT2D eigenvalue weighted by atomic mass is 16.2. The minimum absolute atomic E-state index is 0.101. The highest BCUT2D eigenvalue weighted by Crippen LogP contribution is 2.18.